The van der Waals surface area contributed by atoms with Crippen molar-refractivity contribution in [3.8, 4) is 0 Å². The maximum atomic E-state index is 13.1. The Kier molecular flexibility index (Phi) is 3.07. The summed E-state index contributed by atoms with van der Waals surface area (Å²) >= 11 is 0. The number of nitrogens with zero attached hydrogens (tertiary/aromatic N) is 4. The molecule has 0 radical (unpaired) electrons. The third kappa shape index (κ3) is 2.54. The number of rotatable bonds is 4. The lowest BCUT2D eigenvalue weighted by Gasteiger charge is -2.03. The van der Waals surface area contributed by atoms with E-state index in [1.54, 1.807) is 18.5 Å². The molecular weight excluding hydrogens is 308 g/mol. The van der Waals surface area contributed by atoms with Gasteiger partial charge >= 0.3 is 0 Å². The summed E-state index contributed by atoms with van der Waals surface area (Å²) in [6.45, 7) is 0. The van der Waals surface area contributed by atoms with E-state index in [1.165, 1.54) is 10.6 Å². The van der Waals surface area contributed by atoms with Crippen LogP contribution in [-0.2, 0) is 0 Å². The van der Waals surface area contributed by atoms with Gasteiger partial charge in [0.2, 0.25) is 5.76 Å². The SMILES string of the molecule is O=C(Nc1ccn2nccc2n1)c1oc(C2CC2)nc1C(F)F. The highest BCUT2D eigenvalue weighted by atomic mass is 19.3. The van der Waals surface area contributed by atoms with Gasteiger partial charge in [-0.05, 0) is 18.9 Å². The maximum absolute atomic E-state index is 13.1. The van der Waals surface area contributed by atoms with Gasteiger partial charge in [-0.2, -0.15) is 5.10 Å². The van der Waals surface area contributed by atoms with Crippen LogP contribution in [0.1, 0.15) is 47.3 Å². The van der Waals surface area contributed by atoms with Crippen molar-refractivity contribution in [2.24, 2.45) is 0 Å². The lowest BCUT2D eigenvalue weighted by molar-refractivity contribution is 0.0975. The van der Waals surface area contributed by atoms with Crippen molar-refractivity contribution in [1.29, 1.82) is 0 Å². The Morgan fingerprint density at radius 3 is 2.91 bits per heavy atom. The number of aromatic nitrogens is 4. The molecule has 3 heterocycles. The number of halogens is 2. The van der Waals surface area contributed by atoms with Gasteiger partial charge in [-0.3, -0.25) is 4.79 Å². The highest BCUT2D eigenvalue weighted by Crippen LogP contribution is 2.41. The van der Waals surface area contributed by atoms with Crippen LogP contribution in [0, 0.1) is 0 Å². The van der Waals surface area contributed by atoms with Gasteiger partial charge in [0.15, 0.2) is 17.2 Å². The zero-order chi connectivity index (χ0) is 16.0. The molecule has 0 aliphatic heterocycles. The number of amides is 1. The molecule has 0 aromatic carbocycles. The number of hydrogen-bond donors (Lipinski definition) is 1. The molecule has 1 saturated carbocycles. The summed E-state index contributed by atoms with van der Waals surface area (Å²) < 4.78 is 32.9. The molecule has 7 nitrogen and oxygen atoms in total. The van der Waals surface area contributed by atoms with Gasteiger partial charge in [0, 0.05) is 18.2 Å². The zero-order valence-corrected chi connectivity index (χ0v) is 11.7. The first-order valence-electron chi connectivity index (χ1n) is 7.02. The van der Waals surface area contributed by atoms with Gasteiger partial charge in [0.05, 0.1) is 6.20 Å². The van der Waals surface area contributed by atoms with Crippen LogP contribution < -0.4 is 5.32 Å². The fourth-order valence-electron chi connectivity index (χ4n) is 2.22. The summed E-state index contributed by atoms with van der Waals surface area (Å²) in [5.74, 6) is -0.805. The van der Waals surface area contributed by atoms with Crippen molar-refractivity contribution in [2.45, 2.75) is 25.2 Å². The fraction of sp³-hybridized carbons (Fsp3) is 0.286. The molecular formula is C14H11F2N5O2. The molecule has 3 aromatic rings. The van der Waals surface area contributed by atoms with Crippen LogP contribution in [0.3, 0.4) is 0 Å². The molecule has 9 heteroatoms. The molecule has 0 spiro atoms. The Morgan fingerprint density at radius 2 is 2.17 bits per heavy atom. The topological polar surface area (TPSA) is 85.3 Å². The first-order chi connectivity index (χ1) is 11.1. The maximum Gasteiger partial charge on any atom is 0.294 e. The van der Waals surface area contributed by atoms with Gasteiger partial charge in [0.1, 0.15) is 5.82 Å². The number of alkyl halides is 2. The van der Waals surface area contributed by atoms with Crippen LogP contribution in [0.25, 0.3) is 5.65 Å². The third-order valence-electron chi connectivity index (χ3n) is 3.51. The summed E-state index contributed by atoms with van der Waals surface area (Å²) in [7, 11) is 0. The minimum absolute atomic E-state index is 0.0373. The first kappa shape index (κ1) is 13.8. The lowest BCUT2D eigenvalue weighted by Crippen LogP contribution is -2.14. The van der Waals surface area contributed by atoms with Gasteiger partial charge in [-0.25, -0.2) is 23.3 Å². The summed E-state index contributed by atoms with van der Waals surface area (Å²) in [6.07, 6.45) is 1.95. The Bertz CT molecular complexity index is 884. The van der Waals surface area contributed by atoms with E-state index in [-0.39, 0.29) is 17.6 Å². The second kappa shape index (κ2) is 5.11. The third-order valence-corrected chi connectivity index (χ3v) is 3.51. The molecule has 1 fully saturated rings. The van der Waals surface area contributed by atoms with Crippen LogP contribution in [0.5, 0.6) is 0 Å². The molecule has 3 aromatic heterocycles. The minimum Gasteiger partial charge on any atom is -0.435 e. The molecule has 1 aliphatic rings. The second-order valence-corrected chi connectivity index (χ2v) is 5.24. The fourth-order valence-corrected chi connectivity index (χ4v) is 2.22. The molecule has 0 bridgehead atoms. The minimum atomic E-state index is -2.88. The van der Waals surface area contributed by atoms with Crippen molar-refractivity contribution < 1.29 is 18.0 Å². The molecule has 0 unspecified atom stereocenters. The summed E-state index contributed by atoms with van der Waals surface area (Å²) in [6, 6.07) is 3.16. The average molecular weight is 319 g/mol. The van der Waals surface area contributed by atoms with Gasteiger partial charge in [-0.1, -0.05) is 0 Å². The summed E-state index contributed by atoms with van der Waals surface area (Å²) in [5.41, 5.74) is -0.108. The quantitative estimate of drug-likeness (QED) is 0.799. The van der Waals surface area contributed by atoms with E-state index in [4.69, 9.17) is 4.42 Å². The average Bonchev–Trinajstić information content (AvgIpc) is 3.11. The Morgan fingerprint density at radius 1 is 1.35 bits per heavy atom. The van der Waals surface area contributed by atoms with Crippen molar-refractivity contribution >= 4 is 17.4 Å². The van der Waals surface area contributed by atoms with Crippen LogP contribution in [-0.4, -0.2) is 25.5 Å². The van der Waals surface area contributed by atoms with Crippen LogP contribution in [0.2, 0.25) is 0 Å². The van der Waals surface area contributed by atoms with Gasteiger partial charge in [-0.15, -0.1) is 0 Å². The second-order valence-electron chi connectivity index (χ2n) is 5.24. The molecule has 0 atom stereocenters. The molecule has 0 saturated heterocycles. The predicted octanol–water partition coefficient (Wildman–Crippen LogP) is 2.78. The number of fused-ring (bicyclic) bond motifs is 1. The number of carbonyl (C=O) groups excluding carboxylic acids is 1. The Hall–Kier alpha value is -2.84. The molecule has 1 N–H and O–H groups in total. The number of oxazole rings is 1. The summed E-state index contributed by atoms with van der Waals surface area (Å²) in [5, 5.41) is 6.43. The lowest BCUT2D eigenvalue weighted by atomic mass is 10.3. The van der Waals surface area contributed by atoms with E-state index in [0.717, 1.165) is 12.8 Å². The molecule has 1 amide bonds. The summed E-state index contributed by atoms with van der Waals surface area (Å²) in [4.78, 5) is 20.1. The Labute approximate surface area is 128 Å². The van der Waals surface area contributed by atoms with Gasteiger partial charge in [0.25, 0.3) is 12.3 Å². The van der Waals surface area contributed by atoms with Crippen LogP contribution >= 0.6 is 0 Å². The van der Waals surface area contributed by atoms with E-state index in [0.29, 0.717) is 5.65 Å². The zero-order valence-electron chi connectivity index (χ0n) is 11.7. The highest BCUT2D eigenvalue weighted by Gasteiger charge is 2.34. The largest absolute Gasteiger partial charge is 0.435 e. The van der Waals surface area contributed by atoms with Crippen molar-refractivity contribution in [1.82, 2.24) is 19.6 Å². The van der Waals surface area contributed by atoms with Gasteiger partial charge < -0.3 is 9.73 Å². The molecule has 1 aliphatic carbocycles. The number of carbonyl (C=O) groups is 1. The Balaban J connectivity index is 1.62. The number of anilines is 1. The standard InChI is InChI=1S/C14H11F2N5O2/c15-12(16)10-11(23-14(20-10)7-1-2-7)13(22)19-8-4-6-21-9(18-8)3-5-17-21/h3-7,12H,1-2H2,(H,18,19,22). The van der Waals surface area contributed by atoms with E-state index >= 15 is 0 Å². The normalized spacial score (nSPS) is 14.6. The van der Waals surface area contributed by atoms with Crippen molar-refractivity contribution in [3.63, 3.8) is 0 Å². The molecule has 118 valence electrons. The van der Waals surface area contributed by atoms with Crippen molar-refractivity contribution in [3.05, 3.63) is 41.9 Å². The molecule has 4 rings (SSSR count). The number of nitrogens with one attached hydrogen (secondary N) is 1. The van der Waals surface area contributed by atoms with E-state index < -0.39 is 23.8 Å². The highest BCUT2D eigenvalue weighted by molar-refractivity contribution is 6.02. The van der Waals surface area contributed by atoms with Crippen LogP contribution in [0.15, 0.2) is 28.9 Å². The van der Waals surface area contributed by atoms with E-state index in [1.807, 2.05) is 0 Å². The number of hydrogen-bond acceptors (Lipinski definition) is 5. The molecule has 23 heavy (non-hydrogen) atoms. The monoisotopic (exact) mass is 319 g/mol. The van der Waals surface area contributed by atoms with E-state index in [9.17, 15) is 13.6 Å². The first-order valence-corrected chi connectivity index (χ1v) is 7.02. The van der Waals surface area contributed by atoms with Crippen molar-refractivity contribution in [2.75, 3.05) is 5.32 Å². The smallest absolute Gasteiger partial charge is 0.294 e. The predicted molar refractivity (Wildman–Crippen MR) is 74.4 cm³/mol. The van der Waals surface area contributed by atoms with Crippen LogP contribution in [0.4, 0.5) is 14.6 Å². The van der Waals surface area contributed by atoms with E-state index in [2.05, 4.69) is 20.4 Å².